The molecule has 0 heterocycles. The number of rotatable bonds is 2. The Balaban J connectivity index is 3.88. The molecule has 1 atom stereocenters. The first-order chi connectivity index (χ1) is 3.85. The van der Waals surface area contributed by atoms with Gasteiger partial charge in [-0.3, -0.25) is 15.8 Å². The molecule has 0 fully saturated rings. The summed E-state index contributed by atoms with van der Waals surface area (Å²) in [4.78, 5) is 0. The Morgan fingerprint density at radius 3 is 1.67 bits per heavy atom. The van der Waals surface area contributed by atoms with Crippen LogP contribution in [0.15, 0.2) is 0 Å². The van der Waals surface area contributed by atoms with Gasteiger partial charge in [-0.05, 0) is 0 Å². The smallest absolute Gasteiger partial charge is 0.310 e. The van der Waals surface area contributed by atoms with Gasteiger partial charge in [0.15, 0.2) is 0 Å². The van der Waals surface area contributed by atoms with Crippen molar-refractivity contribution in [2.75, 3.05) is 21.1 Å². The summed E-state index contributed by atoms with van der Waals surface area (Å²) in [5.74, 6) is 0. The molecule has 0 bridgehead atoms. The topological polar surface area (TPSA) is 40.5 Å². The molecule has 5 heteroatoms. The number of hydrogen-bond acceptors (Lipinski definition) is 2. The molecule has 0 aromatic heterocycles. The van der Waals surface area contributed by atoms with Gasteiger partial charge in [0, 0.05) is 21.1 Å². The van der Waals surface area contributed by atoms with Crippen molar-refractivity contribution in [2.45, 2.75) is 6.19 Å². The fourth-order valence-electron chi connectivity index (χ4n) is 0.490. The molecule has 9 heavy (non-hydrogen) atoms. The van der Waals surface area contributed by atoms with E-state index >= 15 is 0 Å². The standard InChI is InChI=1S/C4H13BBrNO2/c1-7(2,3)5(6)4(8)9/h4-5,8-9H,1-3H3. The van der Waals surface area contributed by atoms with Gasteiger partial charge in [-0.1, -0.05) is 0 Å². The van der Waals surface area contributed by atoms with Gasteiger partial charge in [0.1, 0.15) is 0 Å². The predicted molar refractivity (Wildman–Crippen MR) is 42.3 cm³/mol. The molecule has 0 aromatic rings. The summed E-state index contributed by atoms with van der Waals surface area (Å²) in [6.45, 7) is 0. The van der Waals surface area contributed by atoms with Crippen molar-refractivity contribution < 1.29 is 14.6 Å². The van der Waals surface area contributed by atoms with E-state index in [1.807, 2.05) is 21.1 Å². The Kier molecular flexibility index (Phi) is 3.15. The van der Waals surface area contributed by atoms with E-state index in [0.29, 0.717) is 4.39 Å². The van der Waals surface area contributed by atoms with Crippen molar-refractivity contribution >= 4 is 21.4 Å². The minimum absolute atomic E-state index is 0.567. The third kappa shape index (κ3) is 3.20. The minimum atomic E-state index is -1.22. The van der Waals surface area contributed by atoms with Crippen LogP contribution in [0.2, 0.25) is 0 Å². The van der Waals surface area contributed by atoms with E-state index in [1.165, 1.54) is 0 Å². The van der Waals surface area contributed by atoms with Crippen LogP contribution in [0.3, 0.4) is 0 Å². The van der Waals surface area contributed by atoms with E-state index in [0.717, 1.165) is 0 Å². The van der Waals surface area contributed by atoms with E-state index in [1.54, 1.807) is 0 Å². The molecule has 0 aliphatic carbocycles. The van der Waals surface area contributed by atoms with Crippen LogP contribution >= 0.6 is 15.8 Å². The van der Waals surface area contributed by atoms with Gasteiger partial charge >= 0.3 is 5.67 Å². The van der Waals surface area contributed by atoms with E-state index in [-0.39, 0.29) is 0 Å². The SMILES string of the molecule is C[N+](C)(C)[BH-](Br)C(O)O. The summed E-state index contributed by atoms with van der Waals surface area (Å²) in [5, 5.41) is 17.4. The average molecular weight is 198 g/mol. The van der Waals surface area contributed by atoms with Crippen LogP contribution in [0.5, 0.6) is 0 Å². The molecule has 2 N–H and O–H groups in total. The molecule has 0 aromatic carbocycles. The fraction of sp³-hybridized carbons (Fsp3) is 1.00. The normalized spacial score (nSPS) is 16.3. The quantitative estimate of drug-likeness (QED) is 0.448. The zero-order chi connectivity index (χ0) is 7.65. The molecule has 0 aliphatic heterocycles. The van der Waals surface area contributed by atoms with Crippen molar-refractivity contribution in [1.82, 2.24) is 0 Å². The lowest BCUT2D eigenvalue weighted by molar-refractivity contribution is -0.760. The second-order valence-electron chi connectivity index (χ2n) is 3.23. The van der Waals surface area contributed by atoms with Crippen LogP contribution in [0, 0.1) is 0 Å². The Bertz CT molecular complexity index is 93.1. The van der Waals surface area contributed by atoms with E-state index in [9.17, 15) is 0 Å². The summed E-state index contributed by atoms with van der Waals surface area (Å²) >= 11 is 3.22. The highest BCUT2D eigenvalue weighted by Gasteiger charge is 2.21. The van der Waals surface area contributed by atoms with Gasteiger partial charge < -0.3 is 14.6 Å². The molecule has 0 radical (unpaired) electrons. The zero-order valence-corrected chi connectivity index (χ0v) is 7.59. The molecule has 0 aliphatic rings. The van der Waals surface area contributed by atoms with Gasteiger partial charge in [-0.25, -0.2) is 0 Å². The number of nitrogens with zero attached hydrogens (tertiary/aromatic N) is 1. The zero-order valence-electron chi connectivity index (χ0n) is 6.00. The Morgan fingerprint density at radius 1 is 1.33 bits per heavy atom. The van der Waals surface area contributed by atoms with Crippen LogP contribution in [-0.4, -0.2) is 47.6 Å². The third-order valence-electron chi connectivity index (χ3n) is 1.21. The number of halogens is 1. The molecular weight excluding hydrogens is 185 g/mol. The lowest BCUT2D eigenvalue weighted by Gasteiger charge is -2.39. The Labute approximate surface area is 63.9 Å². The van der Waals surface area contributed by atoms with E-state index in [2.05, 4.69) is 15.8 Å². The maximum absolute atomic E-state index is 8.69. The number of aliphatic hydroxyl groups excluding tert-OH is 1. The largest absolute Gasteiger partial charge is 0.513 e. The lowest BCUT2D eigenvalue weighted by Crippen LogP contribution is -2.52. The second-order valence-corrected chi connectivity index (χ2v) is 4.38. The van der Waals surface area contributed by atoms with Gasteiger partial charge in [-0.15, -0.1) is 0 Å². The summed E-state index contributed by atoms with van der Waals surface area (Å²) in [5.41, 5.74) is -1.09. The summed E-state index contributed by atoms with van der Waals surface area (Å²) in [6, 6.07) is 0. The van der Waals surface area contributed by atoms with Crippen molar-refractivity contribution in [3.8, 4) is 0 Å². The molecule has 1 unspecified atom stereocenters. The van der Waals surface area contributed by atoms with Crippen molar-refractivity contribution in [2.24, 2.45) is 0 Å². The highest BCUT2D eigenvalue weighted by molar-refractivity contribution is 9.24. The fourth-order valence-corrected chi connectivity index (χ4v) is 0.490. The summed E-state index contributed by atoms with van der Waals surface area (Å²) < 4.78 is 0.567. The molecule has 0 rings (SSSR count). The van der Waals surface area contributed by atoms with Crippen molar-refractivity contribution in [3.63, 3.8) is 0 Å². The Hall–Kier alpha value is 0.425. The molecule has 56 valence electrons. The monoisotopic (exact) mass is 197 g/mol. The average Bonchev–Trinajstić information content (AvgIpc) is 1.62. The van der Waals surface area contributed by atoms with Crippen LogP contribution in [-0.2, 0) is 0 Å². The number of aliphatic hydroxyl groups is 2. The first kappa shape index (κ1) is 9.42. The van der Waals surface area contributed by atoms with Crippen molar-refractivity contribution in [1.29, 1.82) is 0 Å². The highest BCUT2D eigenvalue weighted by atomic mass is 79.9. The summed E-state index contributed by atoms with van der Waals surface area (Å²) in [6.07, 6.45) is -1.22. The van der Waals surface area contributed by atoms with Crippen LogP contribution < -0.4 is 0 Å². The summed E-state index contributed by atoms with van der Waals surface area (Å²) in [7, 11) is 5.73. The molecule has 0 saturated heterocycles. The van der Waals surface area contributed by atoms with Gasteiger partial charge in [0.05, 0.1) is 6.19 Å². The highest BCUT2D eigenvalue weighted by Crippen LogP contribution is 2.07. The molecule has 3 nitrogen and oxygen atoms in total. The van der Waals surface area contributed by atoms with Crippen LogP contribution in [0.25, 0.3) is 0 Å². The first-order valence-electron chi connectivity index (χ1n) is 2.85. The second kappa shape index (κ2) is 3.01. The molecule has 0 saturated carbocycles. The first-order valence-corrected chi connectivity index (χ1v) is 3.97. The van der Waals surface area contributed by atoms with E-state index in [4.69, 9.17) is 10.2 Å². The number of hydrogen-bond donors (Lipinski definition) is 2. The lowest BCUT2D eigenvalue weighted by atomic mass is 9.88. The Morgan fingerprint density at radius 2 is 1.67 bits per heavy atom. The van der Waals surface area contributed by atoms with Crippen LogP contribution in [0.4, 0.5) is 0 Å². The van der Waals surface area contributed by atoms with Gasteiger partial charge in [0.2, 0.25) is 0 Å². The molecule has 0 amide bonds. The molecular formula is C4H13BBrNO2. The van der Waals surface area contributed by atoms with Gasteiger partial charge in [-0.2, -0.15) is 0 Å². The van der Waals surface area contributed by atoms with E-state index < -0.39 is 11.9 Å². The van der Waals surface area contributed by atoms with Crippen molar-refractivity contribution in [3.05, 3.63) is 0 Å². The van der Waals surface area contributed by atoms with Gasteiger partial charge in [0.25, 0.3) is 0 Å². The number of quaternary nitrogens is 1. The van der Waals surface area contributed by atoms with Crippen LogP contribution in [0.1, 0.15) is 0 Å². The third-order valence-corrected chi connectivity index (χ3v) is 3.29. The predicted octanol–water partition coefficient (Wildman–Crippen LogP) is -0.842. The molecule has 0 spiro atoms. The minimum Gasteiger partial charge on any atom is -0.513 e. The maximum Gasteiger partial charge on any atom is 0.310 e. The maximum atomic E-state index is 8.69.